The van der Waals surface area contributed by atoms with Crippen LogP contribution in [0.2, 0.25) is 5.02 Å². The molecule has 0 bridgehead atoms. The van der Waals surface area contributed by atoms with Crippen LogP contribution in [0.4, 0.5) is 21.5 Å². The van der Waals surface area contributed by atoms with Gasteiger partial charge in [0.05, 0.1) is 26.8 Å². The Morgan fingerprint density at radius 2 is 1.77 bits per heavy atom. The van der Waals surface area contributed by atoms with Gasteiger partial charge in [0.25, 0.3) is 21.6 Å². The maximum Gasteiger partial charge on any atom is 0.274 e. The van der Waals surface area contributed by atoms with Crippen molar-refractivity contribution in [3.63, 3.8) is 0 Å². The lowest BCUT2D eigenvalue weighted by atomic mass is 10.2. The van der Waals surface area contributed by atoms with Gasteiger partial charge < -0.3 is 5.32 Å². The molecule has 2 N–H and O–H groups in total. The number of nitrogens with one attached hydrogen (secondary N) is 2. The number of nitro benzene ring substituents is 1. The second-order valence-corrected chi connectivity index (χ2v) is 8.54. The number of nitrogens with zero attached hydrogens (tertiary/aromatic N) is 1. The van der Waals surface area contributed by atoms with Gasteiger partial charge in [0, 0.05) is 16.7 Å². The third-order valence-electron chi connectivity index (χ3n) is 4.33. The highest BCUT2D eigenvalue weighted by molar-refractivity contribution is 7.92. The number of nitro groups is 1. The van der Waals surface area contributed by atoms with E-state index in [0.29, 0.717) is 5.02 Å². The van der Waals surface area contributed by atoms with E-state index in [1.54, 1.807) is 12.1 Å². The van der Waals surface area contributed by atoms with Gasteiger partial charge in [-0.2, -0.15) is 0 Å². The maximum atomic E-state index is 14.5. The fourth-order valence-electron chi connectivity index (χ4n) is 2.72. The van der Waals surface area contributed by atoms with Crippen molar-refractivity contribution in [3.05, 3.63) is 92.7 Å². The van der Waals surface area contributed by atoms with E-state index in [2.05, 4.69) is 10.0 Å². The predicted molar refractivity (Wildman–Crippen MR) is 114 cm³/mol. The van der Waals surface area contributed by atoms with E-state index in [9.17, 15) is 27.7 Å². The van der Waals surface area contributed by atoms with Crippen molar-refractivity contribution in [2.75, 3.05) is 10.0 Å². The summed E-state index contributed by atoms with van der Waals surface area (Å²) in [6, 6.07) is 12.9. The van der Waals surface area contributed by atoms with Gasteiger partial charge >= 0.3 is 0 Å². The second kappa shape index (κ2) is 8.70. The number of hydrogen-bond acceptors (Lipinski definition) is 5. The fraction of sp³-hybridized carbons (Fsp3) is 0.0500. The number of hydrogen-bond donors (Lipinski definition) is 2. The standard InChI is InChI=1S/C20H15ClFN3O5S/c1-12-17(6-3-7-19(12)25(27)28)24-31(29,30)15-8-9-18(16(22)11-15)23-20(26)13-4-2-5-14(21)10-13/h2-11,24H,1H3,(H,23,26). The number of carbonyl (C=O) groups is 1. The first-order valence-electron chi connectivity index (χ1n) is 8.72. The van der Waals surface area contributed by atoms with Crippen molar-refractivity contribution < 1.29 is 22.5 Å². The van der Waals surface area contributed by atoms with Gasteiger partial charge in [-0.15, -0.1) is 0 Å². The molecule has 3 aromatic carbocycles. The van der Waals surface area contributed by atoms with Gasteiger partial charge in [-0.05, 0) is 49.4 Å². The van der Waals surface area contributed by atoms with Crippen LogP contribution >= 0.6 is 11.6 Å². The third kappa shape index (κ3) is 4.98. The normalized spacial score (nSPS) is 11.1. The average Bonchev–Trinajstić information content (AvgIpc) is 2.70. The summed E-state index contributed by atoms with van der Waals surface area (Å²) in [4.78, 5) is 22.2. The van der Waals surface area contributed by atoms with E-state index in [1.165, 1.54) is 37.3 Å². The number of benzene rings is 3. The van der Waals surface area contributed by atoms with Crippen LogP contribution in [0, 0.1) is 22.9 Å². The van der Waals surface area contributed by atoms with Crippen molar-refractivity contribution in [1.82, 2.24) is 0 Å². The lowest BCUT2D eigenvalue weighted by Crippen LogP contribution is -2.16. The zero-order chi connectivity index (χ0) is 22.8. The van der Waals surface area contributed by atoms with Crippen LogP contribution in [0.15, 0.2) is 65.6 Å². The molecule has 31 heavy (non-hydrogen) atoms. The Hall–Kier alpha value is -3.50. The highest BCUT2D eigenvalue weighted by atomic mass is 35.5. The number of anilines is 2. The van der Waals surface area contributed by atoms with Crippen LogP contribution in [-0.2, 0) is 10.0 Å². The molecule has 3 rings (SSSR count). The van der Waals surface area contributed by atoms with Gasteiger partial charge in [-0.3, -0.25) is 19.6 Å². The van der Waals surface area contributed by atoms with Gasteiger partial charge in [-0.1, -0.05) is 23.7 Å². The Labute approximate surface area is 181 Å². The van der Waals surface area contributed by atoms with E-state index < -0.39 is 31.6 Å². The zero-order valence-electron chi connectivity index (χ0n) is 15.9. The minimum Gasteiger partial charge on any atom is -0.319 e. The largest absolute Gasteiger partial charge is 0.319 e. The molecule has 0 atom stereocenters. The molecule has 0 fully saturated rings. The smallest absolute Gasteiger partial charge is 0.274 e. The van der Waals surface area contributed by atoms with Crippen LogP contribution in [-0.4, -0.2) is 19.2 Å². The first kappa shape index (κ1) is 22.2. The molecule has 0 aliphatic carbocycles. The zero-order valence-corrected chi connectivity index (χ0v) is 17.5. The summed E-state index contributed by atoms with van der Waals surface area (Å²) in [5, 5.41) is 13.7. The summed E-state index contributed by atoms with van der Waals surface area (Å²) in [5.41, 5.74) is -0.179. The minimum absolute atomic E-state index is 0.00653. The number of halogens is 2. The molecule has 0 saturated carbocycles. The Balaban J connectivity index is 1.84. The topological polar surface area (TPSA) is 118 Å². The quantitative estimate of drug-likeness (QED) is 0.404. The molecule has 1 amide bonds. The molecule has 0 unspecified atom stereocenters. The molecular formula is C20H15ClFN3O5S. The van der Waals surface area contributed by atoms with Gasteiger partial charge in [0.1, 0.15) is 5.82 Å². The van der Waals surface area contributed by atoms with Crippen LogP contribution in [0.25, 0.3) is 0 Å². The van der Waals surface area contributed by atoms with E-state index in [1.807, 2.05) is 0 Å². The molecule has 0 spiro atoms. The first-order valence-corrected chi connectivity index (χ1v) is 10.6. The van der Waals surface area contributed by atoms with Crippen molar-refractivity contribution in [1.29, 1.82) is 0 Å². The van der Waals surface area contributed by atoms with Crippen LogP contribution in [0.1, 0.15) is 15.9 Å². The van der Waals surface area contributed by atoms with E-state index in [0.717, 1.165) is 18.2 Å². The van der Waals surface area contributed by atoms with Crippen molar-refractivity contribution in [2.24, 2.45) is 0 Å². The molecule has 8 nitrogen and oxygen atoms in total. The Morgan fingerprint density at radius 1 is 1.06 bits per heavy atom. The van der Waals surface area contributed by atoms with Crippen molar-refractivity contribution >= 4 is 44.6 Å². The number of amides is 1. The van der Waals surface area contributed by atoms with Crippen LogP contribution in [0.3, 0.4) is 0 Å². The minimum atomic E-state index is -4.25. The number of sulfonamides is 1. The van der Waals surface area contributed by atoms with E-state index in [-0.39, 0.29) is 28.2 Å². The lowest BCUT2D eigenvalue weighted by Gasteiger charge is -2.12. The Morgan fingerprint density at radius 3 is 2.42 bits per heavy atom. The summed E-state index contributed by atoms with van der Waals surface area (Å²) in [6.45, 7) is 1.39. The van der Waals surface area contributed by atoms with Crippen molar-refractivity contribution in [3.8, 4) is 0 Å². The van der Waals surface area contributed by atoms with Gasteiger partial charge in [-0.25, -0.2) is 12.8 Å². The molecule has 3 aromatic rings. The monoisotopic (exact) mass is 463 g/mol. The second-order valence-electron chi connectivity index (χ2n) is 6.42. The highest BCUT2D eigenvalue weighted by Crippen LogP contribution is 2.28. The average molecular weight is 464 g/mol. The van der Waals surface area contributed by atoms with E-state index >= 15 is 0 Å². The van der Waals surface area contributed by atoms with Crippen LogP contribution < -0.4 is 10.0 Å². The first-order chi connectivity index (χ1) is 14.6. The van der Waals surface area contributed by atoms with Crippen molar-refractivity contribution in [2.45, 2.75) is 11.8 Å². The number of rotatable bonds is 6. The molecular weight excluding hydrogens is 449 g/mol. The SMILES string of the molecule is Cc1c(NS(=O)(=O)c2ccc(NC(=O)c3cccc(Cl)c3)c(F)c2)cccc1[N+](=O)[O-]. The predicted octanol–water partition coefficient (Wildman–Crippen LogP) is 4.75. The highest BCUT2D eigenvalue weighted by Gasteiger charge is 2.21. The molecule has 0 aliphatic rings. The number of carbonyl (C=O) groups excluding carboxylic acids is 1. The summed E-state index contributed by atoms with van der Waals surface area (Å²) in [6.07, 6.45) is 0. The molecule has 0 aromatic heterocycles. The van der Waals surface area contributed by atoms with Gasteiger partial charge in [0.2, 0.25) is 0 Å². The Bertz CT molecular complexity index is 1300. The molecule has 160 valence electrons. The third-order valence-corrected chi connectivity index (χ3v) is 5.93. The molecule has 11 heteroatoms. The summed E-state index contributed by atoms with van der Waals surface area (Å²) >= 11 is 5.83. The van der Waals surface area contributed by atoms with Crippen LogP contribution in [0.5, 0.6) is 0 Å². The van der Waals surface area contributed by atoms with E-state index in [4.69, 9.17) is 11.6 Å². The molecule has 0 heterocycles. The molecule has 0 saturated heterocycles. The summed E-state index contributed by atoms with van der Waals surface area (Å²) in [7, 11) is -4.25. The summed E-state index contributed by atoms with van der Waals surface area (Å²) < 4.78 is 42.0. The fourth-order valence-corrected chi connectivity index (χ4v) is 4.05. The summed E-state index contributed by atoms with van der Waals surface area (Å²) in [5.74, 6) is -1.60. The van der Waals surface area contributed by atoms with Gasteiger partial charge in [0.15, 0.2) is 0 Å². The molecule has 0 aliphatic heterocycles. The maximum absolute atomic E-state index is 14.5. The lowest BCUT2D eigenvalue weighted by molar-refractivity contribution is -0.385. The molecule has 0 radical (unpaired) electrons. The Kier molecular flexibility index (Phi) is 6.23.